The average Bonchev–Trinajstić information content (AvgIpc) is 2.90. The molecule has 2 unspecified atom stereocenters. The maximum absolute atomic E-state index is 12.3. The van der Waals surface area contributed by atoms with Crippen LogP contribution in [0, 0.1) is 5.92 Å². The van der Waals surface area contributed by atoms with Crippen LogP contribution in [-0.4, -0.2) is 23.6 Å². The Hall–Kier alpha value is -0.190. The highest BCUT2D eigenvalue weighted by molar-refractivity contribution is 7.98. The first-order chi connectivity index (χ1) is 9.74. The molecule has 0 radical (unpaired) electrons. The summed E-state index contributed by atoms with van der Waals surface area (Å²) in [5.74, 6) is 2.78. The van der Waals surface area contributed by atoms with Crippen molar-refractivity contribution < 1.29 is 4.79 Å². The van der Waals surface area contributed by atoms with Crippen LogP contribution >= 0.6 is 34.7 Å². The molecule has 2 atom stereocenters. The zero-order chi connectivity index (χ0) is 13.9. The summed E-state index contributed by atoms with van der Waals surface area (Å²) in [5.41, 5.74) is 1.37. The molecule has 1 aromatic heterocycles. The Morgan fingerprint density at radius 1 is 1.40 bits per heavy atom. The third-order valence-electron chi connectivity index (χ3n) is 4.19. The number of fused-ring (bicyclic) bond motifs is 1. The van der Waals surface area contributed by atoms with E-state index in [0.29, 0.717) is 5.92 Å². The van der Waals surface area contributed by atoms with Gasteiger partial charge in [-0.15, -0.1) is 22.9 Å². The monoisotopic (exact) mass is 329 g/mol. The Morgan fingerprint density at radius 3 is 3.05 bits per heavy atom. The van der Waals surface area contributed by atoms with Gasteiger partial charge in [0.25, 0.3) is 5.91 Å². The lowest BCUT2D eigenvalue weighted by Crippen LogP contribution is -2.34. The molecule has 1 aliphatic heterocycles. The van der Waals surface area contributed by atoms with Gasteiger partial charge in [0.05, 0.1) is 4.88 Å². The van der Waals surface area contributed by atoms with Gasteiger partial charge < -0.3 is 5.32 Å². The molecule has 2 aliphatic rings. The summed E-state index contributed by atoms with van der Waals surface area (Å²) in [5, 5.41) is 3.32. The molecule has 0 aromatic carbocycles. The molecule has 2 nitrogen and oxygen atoms in total. The van der Waals surface area contributed by atoms with Crippen molar-refractivity contribution in [3.05, 3.63) is 21.4 Å². The lowest BCUT2D eigenvalue weighted by atomic mass is 9.89. The van der Waals surface area contributed by atoms with E-state index in [2.05, 4.69) is 11.4 Å². The highest BCUT2D eigenvalue weighted by Crippen LogP contribution is 2.32. The first-order valence-corrected chi connectivity index (χ1v) is 9.76. The molecule has 1 aliphatic carbocycles. The summed E-state index contributed by atoms with van der Waals surface area (Å²) < 4.78 is 0. The number of thioether (sulfide) groups is 1. The van der Waals surface area contributed by atoms with Gasteiger partial charge in [-0.3, -0.25) is 4.79 Å². The molecule has 0 spiro atoms. The molecule has 1 N–H and O–H groups in total. The van der Waals surface area contributed by atoms with Crippen LogP contribution in [0.1, 0.15) is 45.8 Å². The van der Waals surface area contributed by atoms with E-state index in [1.165, 1.54) is 29.0 Å². The van der Waals surface area contributed by atoms with E-state index in [4.69, 9.17) is 11.6 Å². The van der Waals surface area contributed by atoms with Gasteiger partial charge >= 0.3 is 0 Å². The minimum absolute atomic E-state index is 0.0869. The van der Waals surface area contributed by atoms with E-state index in [0.717, 1.165) is 36.4 Å². The zero-order valence-corrected chi connectivity index (χ0v) is 13.9. The van der Waals surface area contributed by atoms with Crippen LogP contribution in [-0.2, 0) is 12.2 Å². The third-order valence-corrected chi connectivity index (χ3v) is 7.01. The van der Waals surface area contributed by atoms with Crippen LogP contribution in [0.4, 0.5) is 0 Å². The molecule has 1 aromatic rings. The second-order valence-corrected chi connectivity index (χ2v) is 8.43. The molecule has 110 valence electrons. The Bertz CT molecular complexity index is 465. The van der Waals surface area contributed by atoms with E-state index in [1.54, 1.807) is 11.3 Å². The molecule has 1 amide bonds. The molecule has 2 heterocycles. The molecule has 3 rings (SSSR count). The minimum atomic E-state index is 0.0869. The Morgan fingerprint density at radius 2 is 2.25 bits per heavy atom. The van der Waals surface area contributed by atoms with Crippen LogP contribution in [0.15, 0.2) is 6.07 Å². The number of aryl methyl sites for hydroxylation is 1. The number of alkyl halides is 1. The number of amides is 1. The van der Waals surface area contributed by atoms with E-state index in [1.807, 2.05) is 11.8 Å². The number of hydrogen-bond donors (Lipinski definition) is 1. The SMILES string of the molecule is O=C(NCC1CCCCC1Cl)c1cc2c(s1)CCSC2. The molecule has 0 bridgehead atoms. The van der Waals surface area contributed by atoms with E-state index in [9.17, 15) is 4.79 Å². The van der Waals surface area contributed by atoms with Crippen LogP contribution < -0.4 is 5.32 Å². The normalized spacial score (nSPS) is 26.1. The molecule has 5 heteroatoms. The summed E-state index contributed by atoms with van der Waals surface area (Å²) >= 11 is 9.97. The smallest absolute Gasteiger partial charge is 0.261 e. The van der Waals surface area contributed by atoms with E-state index in [-0.39, 0.29) is 11.3 Å². The van der Waals surface area contributed by atoms with Gasteiger partial charge in [-0.1, -0.05) is 12.8 Å². The number of rotatable bonds is 3. The second kappa shape index (κ2) is 6.71. The van der Waals surface area contributed by atoms with Crippen molar-refractivity contribution in [2.75, 3.05) is 12.3 Å². The number of halogens is 1. The predicted molar refractivity (Wildman–Crippen MR) is 88.1 cm³/mol. The standard InChI is InChI=1S/C15H20ClNOS2/c16-12-4-2-1-3-10(12)8-17-15(18)14-7-11-9-19-6-5-13(11)20-14/h7,10,12H,1-6,8-9H2,(H,17,18). The maximum Gasteiger partial charge on any atom is 0.261 e. The molecular formula is C15H20ClNOS2. The first-order valence-electron chi connectivity index (χ1n) is 7.35. The van der Waals surface area contributed by atoms with Crippen molar-refractivity contribution in [3.63, 3.8) is 0 Å². The molecule has 0 saturated heterocycles. The fourth-order valence-electron chi connectivity index (χ4n) is 2.96. The minimum Gasteiger partial charge on any atom is -0.351 e. The van der Waals surface area contributed by atoms with Crippen LogP contribution in [0.5, 0.6) is 0 Å². The number of hydrogen-bond acceptors (Lipinski definition) is 3. The quantitative estimate of drug-likeness (QED) is 0.847. The Balaban J connectivity index is 1.57. The number of carbonyl (C=O) groups is 1. The molecule has 20 heavy (non-hydrogen) atoms. The van der Waals surface area contributed by atoms with Crippen molar-refractivity contribution in [1.29, 1.82) is 0 Å². The number of nitrogens with one attached hydrogen (secondary N) is 1. The molecular weight excluding hydrogens is 310 g/mol. The van der Waals surface area contributed by atoms with Gasteiger partial charge in [0.15, 0.2) is 0 Å². The largest absolute Gasteiger partial charge is 0.351 e. The molecule has 1 saturated carbocycles. The summed E-state index contributed by atoms with van der Waals surface area (Å²) in [6, 6.07) is 2.08. The topological polar surface area (TPSA) is 29.1 Å². The Labute approximate surface area is 133 Å². The van der Waals surface area contributed by atoms with Crippen LogP contribution in [0.2, 0.25) is 0 Å². The predicted octanol–water partition coefficient (Wildman–Crippen LogP) is 4.06. The van der Waals surface area contributed by atoms with E-state index < -0.39 is 0 Å². The van der Waals surface area contributed by atoms with Crippen molar-refractivity contribution in [2.24, 2.45) is 5.92 Å². The number of thiophene rings is 1. The number of carbonyl (C=O) groups excluding carboxylic acids is 1. The highest BCUT2D eigenvalue weighted by Gasteiger charge is 2.24. The summed E-state index contributed by atoms with van der Waals surface area (Å²) in [4.78, 5) is 14.5. The summed E-state index contributed by atoms with van der Waals surface area (Å²) in [6.45, 7) is 0.727. The second-order valence-electron chi connectivity index (χ2n) is 5.63. The fraction of sp³-hybridized carbons (Fsp3) is 0.667. The average molecular weight is 330 g/mol. The maximum atomic E-state index is 12.3. The van der Waals surface area contributed by atoms with Gasteiger partial charge in [0.1, 0.15) is 0 Å². The zero-order valence-electron chi connectivity index (χ0n) is 11.5. The van der Waals surface area contributed by atoms with Gasteiger partial charge in [-0.2, -0.15) is 11.8 Å². The summed E-state index contributed by atoms with van der Waals surface area (Å²) in [6.07, 6.45) is 5.82. The first kappa shape index (κ1) is 14.7. The van der Waals surface area contributed by atoms with Crippen molar-refractivity contribution in [1.82, 2.24) is 5.32 Å². The van der Waals surface area contributed by atoms with Gasteiger partial charge in [-0.05, 0) is 42.6 Å². The van der Waals surface area contributed by atoms with Crippen LogP contribution in [0.3, 0.4) is 0 Å². The van der Waals surface area contributed by atoms with E-state index >= 15 is 0 Å². The third kappa shape index (κ3) is 3.34. The summed E-state index contributed by atoms with van der Waals surface area (Å²) in [7, 11) is 0. The van der Waals surface area contributed by atoms with Crippen LogP contribution in [0.25, 0.3) is 0 Å². The lowest BCUT2D eigenvalue weighted by Gasteiger charge is -2.26. The van der Waals surface area contributed by atoms with Crippen molar-refractivity contribution in [3.8, 4) is 0 Å². The van der Waals surface area contributed by atoms with Gasteiger partial charge in [0, 0.05) is 22.6 Å². The highest BCUT2D eigenvalue weighted by atomic mass is 35.5. The molecule has 1 fully saturated rings. The van der Waals surface area contributed by atoms with Gasteiger partial charge in [-0.25, -0.2) is 0 Å². The van der Waals surface area contributed by atoms with Gasteiger partial charge in [0.2, 0.25) is 0 Å². The Kier molecular flexibility index (Phi) is 4.95. The lowest BCUT2D eigenvalue weighted by molar-refractivity contribution is 0.0948. The van der Waals surface area contributed by atoms with Crippen molar-refractivity contribution >= 4 is 40.6 Å². The van der Waals surface area contributed by atoms with Crippen molar-refractivity contribution in [2.45, 2.75) is 43.2 Å². The fourth-order valence-corrected chi connectivity index (χ4v) is 5.62.